The molecule has 1 N–H and O–H groups in total. The molecule has 1 aromatic heterocycles. The van der Waals surface area contributed by atoms with Crippen LogP contribution in [0, 0.1) is 11.3 Å². The van der Waals surface area contributed by atoms with E-state index in [-0.39, 0.29) is 38.9 Å². The molecule has 3 rings (SSSR count). The van der Waals surface area contributed by atoms with Crippen LogP contribution in [-0.2, 0) is 50.5 Å². The van der Waals surface area contributed by atoms with Crippen molar-refractivity contribution in [1.29, 1.82) is 0 Å². The van der Waals surface area contributed by atoms with Gasteiger partial charge >= 0.3 is 19.5 Å². The highest BCUT2D eigenvalue weighted by atomic mass is 31.2. The quantitative estimate of drug-likeness (QED) is 0.311. The van der Waals surface area contributed by atoms with E-state index in [1.807, 2.05) is 30.3 Å². The van der Waals surface area contributed by atoms with Crippen molar-refractivity contribution in [2.45, 2.75) is 46.3 Å². The summed E-state index contributed by atoms with van der Waals surface area (Å²) < 4.78 is 35.0. The van der Waals surface area contributed by atoms with Gasteiger partial charge in [0.15, 0.2) is 6.10 Å². The number of aromatic nitrogens is 2. The first-order valence-electron chi connectivity index (χ1n) is 12.4. The Hall–Kier alpha value is -3.14. The van der Waals surface area contributed by atoms with Gasteiger partial charge in [0.05, 0.1) is 43.6 Å². The standard InChI is InChI=1S/C26H34N3O8P/c1-19(25(32)34-14-10-20-7-5-4-6-8-20)17-38(33)36-18-26(2,3)23(37-38)24(31)29-11-9-22(30)35-16-21-15-27-12-13-28-21/h4-8,12-13,15,19,23H,9-11,14,16-18H2,1-3H3,(H,29,31)/t19-,23+,38?/m1/s1. The van der Waals surface area contributed by atoms with Crippen molar-refractivity contribution in [2.24, 2.45) is 11.3 Å². The topological polar surface area (TPSA) is 143 Å². The molecule has 206 valence electrons. The van der Waals surface area contributed by atoms with Crippen LogP contribution in [0.3, 0.4) is 0 Å². The number of nitrogens with zero attached hydrogens (tertiary/aromatic N) is 2. The van der Waals surface area contributed by atoms with E-state index in [1.54, 1.807) is 20.8 Å². The van der Waals surface area contributed by atoms with Gasteiger partial charge in [0.2, 0.25) is 5.91 Å². The third kappa shape index (κ3) is 9.01. The number of hydrogen-bond acceptors (Lipinski definition) is 10. The van der Waals surface area contributed by atoms with E-state index in [0.29, 0.717) is 12.1 Å². The number of rotatable bonds is 12. The molecule has 0 spiro atoms. The molecule has 1 unspecified atom stereocenters. The van der Waals surface area contributed by atoms with Crippen LogP contribution in [-0.4, -0.2) is 59.8 Å². The number of ether oxygens (including phenoxy) is 2. The molecule has 1 amide bonds. The molecule has 12 heteroatoms. The second kappa shape index (κ2) is 13.6. The maximum absolute atomic E-state index is 13.3. The van der Waals surface area contributed by atoms with Crippen LogP contribution < -0.4 is 5.32 Å². The highest BCUT2D eigenvalue weighted by Crippen LogP contribution is 2.57. The Bertz CT molecular complexity index is 1130. The lowest BCUT2D eigenvalue weighted by atomic mass is 9.87. The number of carbonyl (C=O) groups excluding carboxylic acids is 3. The molecule has 1 aliphatic rings. The summed E-state index contributed by atoms with van der Waals surface area (Å²) in [7, 11) is -3.77. The van der Waals surface area contributed by atoms with Crippen molar-refractivity contribution in [3.8, 4) is 0 Å². The van der Waals surface area contributed by atoms with Gasteiger partial charge in [0, 0.05) is 30.8 Å². The van der Waals surface area contributed by atoms with Crippen molar-refractivity contribution >= 4 is 25.4 Å². The summed E-state index contributed by atoms with van der Waals surface area (Å²) in [5, 5.41) is 2.63. The average molecular weight is 548 g/mol. The van der Waals surface area contributed by atoms with Gasteiger partial charge < -0.3 is 19.3 Å². The highest BCUT2D eigenvalue weighted by molar-refractivity contribution is 7.54. The summed E-state index contributed by atoms with van der Waals surface area (Å²) >= 11 is 0. The summed E-state index contributed by atoms with van der Waals surface area (Å²) in [5.41, 5.74) is 0.756. The van der Waals surface area contributed by atoms with Crippen LogP contribution in [0.4, 0.5) is 0 Å². The van der Waals surface area contributed by atoms with E-state index in [9.17, 15) is 18.9 Å². The summed E-state index contributed by atoms with van der Waals surface area (Å²) in [5.74, 6) is -2.33. The van der Waals surface area contributed by atoms with Crippen LogP contribution in [0.25, 0.3) is 0 Å². The van der Waals surface area contributed by atoms with Crippen LogP contribution in [0.5, 0.6) is 0 Å². The Balaban J connectivity index is 1.45. The lowest BCUT2D eigenvalue weighted by molar-refractivity contribution is -0.147. The zero-order chi connectivity index (χ0) is 27.6. The molecule has 38 heavy (non-hydrogen) atoms. The molecule has 0 saturated carbocycles. The summed E-state index contributed by atoms with van der Waals surface area (Å²) in [6.45, 7) is 5.25. The molecule has 0 aliphatic carbocycles. The Labute approximate surface area is 222 Å². The molecule has 0 bridgehead atoms. The van der Waals surface area contributed by atoms with E-state index in [1.165, 1.54) is 18.6 Å². The predicted molar refractivity (Wildman–Crippen MR) is 137 cm³/mol. The van der Waals surface area contributed by atoms with Crippen molar-refractivity contribution in [3.05, 3.63) is 60.2 Å². The first-order valence-corrected chi connectivity index (χ1v) is 14.1. The molecular formula is C26H34N3O8P. The SMILES string of the molecule is C[C@H](CP1(=O)OCC(C)(C)[C@H](C(=O)NCCC(=O)OCc2cnccn2)O1)C(=O)OCCc1ccccc1. The second-order valence-electron chi connectivity index (χ2n) is 9.74. The first-order chi connectivity index (χ1) is 18.1. The Morgan fingerprint density at radius 3 is 2.66 bits per heavy atom. The van der Waals surface area contributed by atoms with E-state index in [4.69, 9.17) is 18.5 Å². The zero-order valence-electron chi connectivity index (χ0n) is 21.8. The maximum atomic E-state index is 13.3. The van der Waals surface area contributed by atoms with E-state index in [0.717, 1.165) is 5.56 Å². The van der Waals surface area contributed by atoms with Gasteiger partial charge in [-0.3, -0.25) is 33.4 Å². The van der Waals surface area contributed by atoms with E-state index < -0.39 is 42.9 Å². The molecule has 2 aromatic rings. The summed E-state index contributed by atoms with van der Waals surface area (Å²) in [6.07, 6.45) is 3.67. The normalized spacial score (nSPS) is 21.2. The molecule has 1 saturated heterocycles. The minimum absolute atomic E-state index is 0.00169. The molecule has 1 aromatic carbocycles. The monoisotopic (exact) mass is 547 g/mol. The Kier molecular flexibility index (Phi) is 10.5. The van der Waals surface area contributed by atoms with Gasteiger partial charge in [0.1, 0.15) is 6.61 Å². The fraction of sp³-hybridized carbons (Fsp3) is 0.500. The highest BCUT2D eigenvalue weighted by Gasteiger charge is 2.48. The molecular weight excluding hydrogens is 513 g/mol. The van der Waals surface area contributed by atoms with Crippen LogP contribution in [0.2, 0.25) is 0 Å². The Morgan fingerprint density at radius 2 is 1.95 bits per heavy atom. The van der Waals surface area contributed by atoms with Gasteiger partial charge in [0.25, 0.3) is 0 Å². The molecule has 1 aliphatic heterocycles. The van der Waals surface area contributed by atoms with Crippen LogP contribution in [0.15, 0.2) is 48.9 Å². The minimum atomic E-state index is -3.77. The number of amides is 1. The lowest BCUT2D eigenvalue weighted by Crippen LogP contribution is -2.50. The number of carbonyl (C=O) groups is 3. The molecule has 11 nitrogen and oxygen atoms in total. The van der Waals surface area contributed by atoms with Gasteiger partial charge in [-0.05, 0) is 5.56 Å². The third-order valence-corrected chi connectivity index (χ3v) is 7.90. The number of benzene rings is 1. The van der Waals surface area contributed by atoms with Crippen molar-refractivity contribution in [3.63, 3.8) is 0 Å². The van der Waals surface area contributed by atoms with Gasteiger partial charge in [-0.1, -0.05) is 51.1 Å². The smallest absolute Gasteiger partial charge is 0.332 e. The van der Waals surface area contributed by atoms with Gasteiger partial charge in [-0.25, -0.2) is 0 Å². The fourth-order valence-corrected chi connectivity index (χ4v) is 5.95. The fourth-order valence-electron chi connectivity index (χ4n) is 3.65. The second-order valence-corrected chi connectivity index (χ2v) is 11.8. The maximum Gasteiger partial charge on any atom is 0.332 e. The predicted octanol–water partition coefficient (Wildman–Crippen LogP) is 3.08. The van der Waals surface area contributed by atoms with Crippen molar-refractivity contribution in [2.75, 3.05) is 25.9 Å². The van der Waals surface area contributed by atoms with Crippen LogP contribution >= 0.6 is 7.60 Å². The molecule has 2 heterocycles. The van der Waals surface area contributed by atoms with E-state index in [2.05, 4.69) is 15.3 Å². The molecule has 1 fully saturated rings. The largest absolute Gasteiger partial charge is 0.465 e. The molecule has 0 radical (unpaired) electrons. The van der Waals surface area contributed by atoms with E-state index >= 15 is 0 Å². The number of esters is 2. The van der Waals surface area contributed by atoms with Crippen molar-refractivity contribution in [1.82, 2.24) is 15.3 Å². The summed E-state index contributed by atoms with van der Waals surface area (Å²) in [6, 6.07) is 9.60. The number of nitrogens with one attached hydrogen (secondary N) is 1. The van der Waals surface area contributed by atoms with Gasteiger partial charge in [-0.15, -0.1) is 0 Å². The average Bonchev–Trinajstić information content (AvgIpc) is 2.90. The van der Waals surface area contributed by atoms with Gasteiger partial charge in [-0.2, -0.15) is 0 Å². The number of hydrogen-bond donors (Lipinski definition) is 1. The first kappa shape index (κ1) is 29.4. The Morgan fingerprint density at radius 1 is 1.18 bits per heavy atom. The summed E-state index contributed by atoms with van der Waals surface area (Å²) in [4.78, 5) is 45.2. The van der Waals surface area contributed by atoms with Crippen molar-refractivity contribution < 1.29 is 37.5 Å². The minimum Gasteiger partial charge on any atom is -0.465 e. The zero-order valence-corrected chi connectivity index (χ0v) is 22.7. The third-order valence-electron chi connectivity index (χ3n) is 5.85. The van der Waals surface area contributed by atoms with Crippen LogP contribution in [0.1, 0.15) is 38.4 Å². The molecule has 3 atom stereocenters. The lowest BCUT2D eigenvalue weighted by Gasteiger charge is -2.40.